The van der Waals surface area contributed by atoms with Gasteiger partial charge in [0, 0.05) is 18.4 Å². The van der Waals surface area contributed by atoms with Crippen molar-refractivity contribution in [1.29, 1.82) is 0 Å². The van der Waals surface area contributed by atoms with E-state index in [9.17, 15) is 14.4 Å². The first kappa shape index (κ1) is 20.8. The van der Waals surface area contributed by atoms with Gasteiger partial charge in [-0.2, -0.15) is 5.10 Å². The van der Waals surface area contributed by atoms with E-state index >= 15 is 0 Å². The molecule has 1 heterocycles. The molecule has 1 atom stereocenters. The number of hydrogen-bond acceptors (Lipinski definition) is 5. The molecule has 0 aliphatic heterocycles. The number of carbonyl (C=O) groups is 3. The number of esters is 1. The quantitative estimate of drug-likeness (QED) is 0.613. The fourth-order valence-corrected chi connectivity index (χ4v) is 2.70. The molecular formula is C22H22N4O4. The molecule has 0 saturated carbocycles. The van der Waals surface area contributed by atoms with Gasteiger partial charge < -0.3 is 10.1 Å². The average Bonchev–Trinajstić information content (AvgIpc) is 3.19. The monoisotopic (exact) mass is 406 g/mol. The summed E-state index contributed by atoms with van der Waals surface area (Å²) in [5, 5.41) is 8.94. The smallest absolute Gasteiger partial charge is 0.338 e. The predicted molar refractivity (Wildman–Crippen MR) is 110 cm³/mol. The van der Waals surface area contributed by atoms with E-state index in [1.54, 1.807) is 35.1 Å². The van der Waals surface area contributed by atoms with E-state index in [1.807, 2.05) is 43.3 Å². The Morgan fingerprint density at radius 2 is 1.73 bits per heavy atom. The van der Waals surface area contributed by atoms with Crippen LogP contribution in [-0.4, -0.2) is 33.8 Å². The highest BCUT2D eigenvalue weighted by molar-refractivity contribution is 5.98. The van der Waals surface area contributed by atoms with Gasteiger partial charge in [-0.05, 0) is 49.7 Å². The Morgan fingerprint density at radius 3 is 2.37 bits per heavy atom. The topological polar surface area (TPSA) is 102 Å². The molecule has 8 nitrogen and oxygen atoms in total. The maximum atomic E-state index is 12.3. The van der Waals surface area contributed by atoms with Crippen LogP contribution in [0, 0.1) is 6.92 Å². The number of aryl methyl sites for hydroxylation is 1. The van der Waals surface area contributed by atoms with Crippen molar-refractivity contribution < 1.29 is 19.1 Å². The minimum Gasteiger partial charge on any atom is -0.449 e. The van der Waals surface area contributed by atoms with Gasteiger partial charge in [0.05, 0.1) is 11.3 Å². The maximum Gasteiger partial charge on any atom is 0.338 e. The number of nitrogens with zero attached hydrogens (tertiary/aromatic N) is 2. The van der Waals surface area contributed by atoms with Crippen LogP contribution in [0.4, 0.5) is 4.79 Å². The van der Waals surface area contributed by atoms with Crippen molar-refractivity contribution in [2.24, 2.45) is 0 Å². The zero-order valence-corrected chi connectivity index (χ0v) is 16.7. The van der Waals surface area contributed by atoms with Gasteiger partial charge in [0.15, 0.2) is 6.10 Å². The number of ether oxygens (including phenoxy) is 1. The molecule has 2 aromatic carbocycles. The summed E-state index contributed by atoms with van der Waals surface area (Å²) < 4.78 is 6.90. The van der Waals surface area contributed by atoms with E-state index in [2.05, 4.69) is 15.7 Å². The van der Waals surface area contributed by atoms with Crippen LogP contribution < -0.4 is 10.6 Å². The lowest BCUT2D eigenvalue weighted by Crippen LogP contribution is -2.44. The molecule has 0 spiro atoms. The highest BCUT2D eigenvalue weighted by atomic mass is 16.5. The Bertz CT molecular complexity index is 1030. The number of amides is 3. The summed E-state index contributed by atoms with van der Waals surface area (Å²) in [6.45, 7) is 3.60. The summed E-state index contributed by atoms with van der Waals surface area (Å²) in [6.07, 6.45) is 0.557. The van der Waals surface area contributed by atoms with Crippen LogP contribution in [0.2, 0.25) is 0 Å². The third-order valence-electron chi connectivity index (χ3n) is 4.37. The number of imide groups is 1. The Balaban J connectivity index is 1.50. The number of aromatic nitrogens is 2. The Kier molecular flexibility index (Phi) is 6.59. The van der Waals surface area contributed by atoms with Gasteiger partial charge in [-0.25, -0.2) is 14.3 Å². The van der Waals surface area contributed by atoms with Crippen LogP contribution in [0.1, 0.15) is 28.5 Å². The second-order valence-corrected chi connectivity index (χ2v) is 6.64. The van der Waals surface area contributed by atoms with Crippen LogP contribution in [0.3, 0.4) is 0 Å². The van der Waals surface area contributed by atoms with E-state index in [0.717, 1.165) is 16.9 Å². The summed E-state index contributed by atoms with van der Waals surface area (Å²) in [6, 6.07) is 17.1. The first-order chi connectivity index (χ1) is 14.4. The molecule has 30 heavy (non-hydrogen) atoms. The highest BCUT2D eigenvalue weighted by Gasteiger charge is 2.21. The lowest BCUT2D eigenvalue weighted by atomic mass is 10.2. The summed E-state index contributed by atoms with van der Waals surface area (Å²) in [7, 11) is 0. The normalized spacial score (nSPS) is 11.4. The van der Waals surface area contributed by atoms with Gasteiger partial charge in [0.1, 0.15) is 0 Å². The van der Waals surface area contributed by atoms with Crippen molar-refractivity contribution in [3.63, 3.8) is 0 Å². The third kappa shape index (κ3) is 5.32. The molecule has 0 aliphatic carbocycles. The molecular weight excluding hydrogens is 384 g/mol. The second kappa shape index (κ2) is 9.51. The fourth-order valence-electron chi connectivity index (χ4n) is 2.70. The van der Waals surface area contributed by atoms with Crippen LogP contribution in [0.15, 0.2) is 66.9 Å². The molecule has 0 saturated heterocycles. The van der Waals surface area contributed by atoms with Crippen molar-refractivity contribution in [1.82, 2.24) is 20.4 Å². The molecule has 3 rings (SSSR count). The standard InChI is InChI=1S/C22H22N4O4/c1-15-12-13-24-26(15)19-10-8-18(9-11-19)21(28)30-16(2)20(27)25-22(29)23-14-17-6-4-3-5-7-17/h3-13,16H,14H2,1-2H3,(H2,23,25,27,29)/t16-/m0/s1. The van der Waals surface area contributed by atoms with Crippen LogP contribution in [0.5, 0.6) is 0 Å². The minimum absolute atomic E-state index is 0.274. The first-order valence-corrected chi connectivity index (χ1v) is 9.38. The van der Waals surface area contributed by atoms with E-state index in [1.165, 1.54) is 6.92 Å². The van der Waals surface area contributed by atoms with Crippen molar-refractivity contribution in [3.05, 3.63) is 83.7 Å². The molecule has 8 heteroatoms. The lowest BCUT2D eigenvalue weighted by Gasteiger charge is -2.13. The van der Waals surface area contributed by atoms with Gasteiger partial charge in [0.25, 0.3) is 5.91 Å². The number of rotatable bonds is 6. The van der Waals surface area contributed by atoms with E-state index in [4.69, 9.17) is 4.74 Å². The largest absolute Gasteiger partial charge is 0.449 e. The minimum atomic E-state index is -1.13. The van der Waals surface area contributed by atoms with Crippen molar-refractivity contribution in [2.45, 2.75) is 26.5 Å². The molecule has 3 amide bonds. The molecule has 2 N–H and O–H groups in total. The molecule has 0 unspecified atom stereocenters. The highest BCUT2D eigenvalue weighted by Crippen LogP contribution is 2.12. The van der Waals surface area contributed by atoms with Crippen molar-refractivity contribution >= 4 is 17.9 Å². The molecule has 154 valence electrons. The maximum absolute atomic E-state index is 12.3. The van der Waals surface area contributed by atoms with Gasteiger partial charge in [-0.1, -0.05) is 30.3 Å². The Morgan fingerprint density at radius 1 is 1.03 bits per heavy atom. The van der Waals surface area contributed by atoms with Crippen molar-refractivity contribution in [3.8, 4) is 5.69 Å². The van der Waals surface area contributed by atoms with Gasteiger partial charge >= 0.3 is 12.0 Å². The molecule has 0 fully saturated rings. The number of hydrogen-bond donors (Lipinski definition) is 2. The second-order valence-electron chi connectivity index (χ2n) is 6.64. The Labute approximate surface area is 173 Å². The average molecular weight is 406 g/mol. The third-order valence-corrected chi connectivity index (χ3v) is 4.37. The Hall–Kier alpha value is -3.94. The summed E-state index contributed by atoms with van der Waals surface area (Å²) in [4.78, 5) is 36.3. The predicted octanol–water partition coefficient (Wildman–Crippen LogP) is 2.75. The zero-order chi connectivity index (χ0) is 21.5. The molecule has 3 aromatic rings. The van der Waals surface area contributed by atoms with Gasteiger partial charge in [-0.15, -0.1) is 0 Å². The van der Waals surface area contributed by atoms with Gasteiger partial charge in [0.2, 0.25) is 0 Å². The number of carbonyl (C=O) groups excluding carboxylic acids is 3. The summed E-state index contributed by atoms with van der Waals surface area (Å²) in [5.41, 5.74) is 2.95. The van der Waals surface area contributed by atoms with Crippen molar-refractivity contribution in [2.75, 3.05) is 0 Å². The van der Waals surface area contributed by atoms with Crippen LogP contribution >= 0.6 is 0 Å². The van der Waals surface area contributed by atoms with Crippen LogP contribution in [-0.2, 0) is 16.1 Å². The fraction of sp³-hybridized carbons (Fsp3) is 0.182. The summed E-state index contributed by atoms with van der Waals surface area (Å²) in [5.74, 6) is -1.37. The molecule has 0 bridgehead atoms. The van der Waals surface area contributed by atoms with E-state index in [-0.39, 0.29) is 12.1 Å². The molecule has 0 aliphatic rings. The summed E-state index contributed by atoms with van der Waals surface area (Å²) >= 11 is 0. The molecule has 0 radical (unpaired) electrons. The first-order valence-electron chi connectivity index (χ1n) is 9.38. The number of urea groups is 1. The number of benzene rings is 2. The van der Waals surface area contributed by atoms with E-state index < -0.39 is 24.0 Å². The zero-order valence-electron chi connectivity index (χ0n) is 16.7. The lowest BCUT2D eigenvalue weighted by molar-refractivity contribution is -0.127. The van der Waals surface area contributed by atoms with E-state index in [0.29, 0.717) is 0 Å². The number of nitrogens with one attached hydrogen (secondary N) is 2. The molecule has 1 aromatic heterocycles. The van der Waals surface area contributed by atoms with Crippen LogP contribution in [0.25, 0.3) is 5.69 Å². The van der Waals surface area contributed by atoms with Gasteiger partial charge in [-0.3, -0.25) is 10.1 Å². The SMILES string of the molecule is Cc1ccnn1-c1ccc(C(=O)O[C@@H](C)C(=O)NC(=O)NCc2ccccc2)cc1.